The third kappa shape index (κ3) is 5.55. The number of anilines is 1. The summed E-state index contributed by atoms with van der Waals surface area (Å²) in [5, 5.41) is 19.8. The fourth-order valence-electron chi connectivity index (χ4n) is 3.76. The van der Waals surface area contributed by atoms with E-state index in [2.05, 4.69) is 11.8 Å². The Labute approximate surface area is 187 Å². The Morgan fingerprint density at radius 1 is 1.13 bits per heavy atom. The lowest BCUT2D eigenvalue weighted by molar-refractivity contribution is 0.0702. The Hall–Kier alpha value is -2.62. The number of aliphatic hydroxyl groups is 1. The zero-order chi connectivity index (χ0) is 22.8. The first-order valence-corrected chi connectivity index (χ1v) is 11.4. The van der Waals surface area contributed by atoms with Crippen molar-refractivity contribution in [2.75, 3.05) is 4.90 Å². The zero-order valence-electron chi connectivity index (χ0n) is 18.4. The van der Waals surface area contributed by atoms with Crippen molar-refractivity contribution < 1.29 is 19.8 Å². The summed E-state index contributed by atoms with van der Waals surface area (Å²) in [6, 6.07) is 8.90. The Balaban J connectivity index is 2.11. The molecule has 1 amide bonds. The highest BCUT2D eigenvalue weighted by Gasteiger charge is 2.34. The van der Waals surface area contributed by atoms with E-state index < -0.39 is 5.97 Å². The summed E-state index contributed by atoms with van der Waals surface area (Å²) in [7, 11) is 0. The highest BCUT2D eigenvalue weighted by molar-refractivity contribution is 7.15. The van der Waals surface area contributed by atoms with Crippen LogP contribution in [0.15, 0.2) is 30.3 Å². The number of hydrogen-bond acceptors (Lipinski definition) is 4. The third-order valence-corrected chi connectivity index (χ3v) is 6.38. The van der Waals surface area contributed by atoms with Gasteiger partial charge in [-0.15, -0.1) is 11.3 Å². The van der Waals surface area contributed by atoms with Gasteiger partial charge in [-0.25, -0.2) is 4.79 Å². The molecule has 0 bridgehead atoms. The molecule has 1 aliphatic rings. The van der Waals surface area contributed by atoms with Crippen molar-refractivity contribution in [2.45, 2.75) is 65.5 Å². The van der Waals surface area contributed by atoms with E-state index in [1.165, 1.54) is 0 Å². The summed E-state index contributed by atoms with van der Waals surface area (Å²) in [6.07, 6.45) is 2.05. The second kappa shape index (κ2) is 9.25. The number of nitrogens with zero attached hydrogens (tertiary/aromatic N) is 1. The standard InChI is InChI=1S/C25H29NO4S/c1-16-7-5-6-8-20(16)23(28)26(17-9-11-18(27)12-10-17)21-15-19(13-14-25(2,3)4)31-22(21)24(29)30/h5-8,15,17-18,27H,9-12H2,1-4H3,(H,29,30). The number of hydrogen-bond donors (Lipinski definition) is 2. The summed E-state index contributed by atoms with van der Waals surface area (Å²) in [6.45, 7) is 7.86. The zero-order valence-corrected chi connectivity index (χ0v) is 19.3. The SMILES string of the molecule is Cc1ccccc1C(=O)N(c1cc(C#CC(C)(C)C)sc1C(=O)O)C1CCC(O)CC1. The van der Waals surface area contributed by atoms with Gasteiger partial charge >= 0.3 is 5.97 Å². The number of thiophene rings is 1. The molecule has 0 radical (unpaired) electrons. The molecule has 3 rings (SSSR count). The van der Waals surface area contributed by atoms with Crippen molar-refractivity contribution in [1.29, 1.82) is 0 Å². The van der Waals surface area contributed by atoms with Gasteiger partial charge in [0.1, 0.15) is 4.88 Å². The van der Waals surface area contributed by atoms with Gasteiger partial charge in [0.05, 0.1) is 16.7 Å². The highest BCUT2D eigenvalue weighted by Crippen LogP contribution is 2.36. The van der Waals surface area contributed by atoms with Crippen LogP contribution in [0.3, 0.4) is 0 Å². The second-order valence-electron chi connectivity index (χ2n) is 9.08. The van der Waals surface area contributed by atoms with Gasteiger partial charge in [0.15, 0.2) is 0 Å². The van der Waals surface area contributed by atoms with Gasteiger partial charge < -0.3 is 15.1 Å². The van der Waals surface area contributed by atoms with Crippen molar-refractivity contribution in [1.82, 2.24) is 0 Å². The predicted molar refractivity (Wildman–Crippen MR) is 124 cm³/mol. The Morgan fingerprint density at radius 3 is 2.35 bits per heavy atom. The third-order valence-electron chi connectivity index (χ3n) is 5.35. The number of carbonyl (C=O) groups excluding carboxylic acids is 1. The second-order valence-corrected chi connectivity index (χ2v) is 10.1. The van der Waals surface area contributed by atoms with E-state index in [0.29, 0.717) is 41.8 Å². The molecule has 6 heteroatoms. The van der Waals surface area contributed by atoms with Crippen LogP contribution in [-0.2, 0) is 0 Å². The van der Waals surface area contributed by atoms with Gasteiger partial charge in [0.25, 0.3) is 5.91 Å². The number of carboxylic acids is 1. The van der Waals surface area contributed by atoms with E-state index in [-0.39, 0.29) is 28.3 Å². The summed E-state index contributed by atoms with van der Waals surface area (Å²) in [4.78, 5) is 28.2. The van der Waals surface area contributed by atoms with Crippen LogP contribution >= 0.6 is 11.3 Å². The number of aryl methyl sites for hydroxylation is 1. The first-order chi connectivity index (χ1) is 14.6. The molecule has 2 aromatic rings. The Bertz CT molecular complexity index is 1030. The minimum Gasteiger partial charge on any atom is -0.477 e. The summed E-state index contributed by atoms with van der Waals surface area (Å²) >= 11 is 1.10. The van der Waals surface area contributed by atoms with E-state index >= 15 is 0 Å². The van der Waals surface area contributed by atoms with Crippen LogP contribution in [0.5, 0.6) is 0 Å². The topological polar surface area (TPSA) is 77.8 Å². The van der Waals surface area contributed by atoms with Crippen molar-refractivity contribution in [3.8, 4) is 11.8 Å². The molecular formula is C25H29NO4S. The molecule has 1 aromatic heterocycles. The van der Waals surface area contributed by atoms with Gasteiger partial charge in [0.2, 0.25) is 0 Å². The van der Waals surface area contributed by atoms with Gasteiger partial charge in [-0.3, -0.25) is 4.79 Å². The monoisotopic (exact) mass is 439 g/mol. The molecule has 0 spiro atoms. The fourth-order valence-corrected chi connectivity index (χ4v) is 4.60. The van der Waals surface area contributed by atoms with Crippen molar-refractivity contribution in [2.24, 2.45) is 5.41 Å². The van der Waals surface area contributed by atoms with Gasteiger partial charge in [-0.1, -0.05) is 30.0 Å². The van der Waals surface area contributed by atoms with Crippen LogP contribution in [-0.4, -0.2) is 34.2 Å². The van der Waals surface area contributed by atoms with Crippen molar-refractivity contribution >= 4 is 28.9 Å². The summed E-state index contributed by atoms with van der Waals surface area (Å²) in [5.41, 5.74) is 1.57. The molecule has 0 aliphatic heterocycles. The Kier molecular flexibility index (Phi) is 6.88. The molecule has 1 aliphatic carbocycles. The van der Waals surface area contributed by atoms with E-state index in [4.69, 9.17) is 0 Å². The van der Waals surface area contributed by atoms with Gasteiger partial charge in [-0.2, -0.15) is 0 Å². The average molecular weight is 440 g/mol. The average Bonchev–Trinajstić information content (AvgIpc) is 3.12. The quantitative estimate of drug-likeness (QED) is 0.650. The maximum absolute atomic E-state index is 13.7. The normalized spacial score (nSPS) is 18.7. The molecule has 164 valence electrons. The molecule has 5 nitrogen and oxygen atoms in total. The van der Waals surface area contributed by atoms with Crippen molar-refractivity contribution in [3.05, 3.63) is 51.2 Å². The molecule has 31 heavy (non-hydrogen) atoms. The van der Waals surface area contributed by atoms with Gasteiger partial charge in [0, 0.05) is 17.0 Å². The van der Waals surface area contributed by atoms with Crippen LogP contribution < -0.4 is 4.90 Å². The number of amides is 1. The summed E-state index contributed by atoms with van der Waals surface area (Å²) in [5.74, 6) is 4.95. The molecule has 0 unspecified atom stereocenters. The Morgan fingerprint density at radius 2 is 1.77 bits per heavy atom. The minimum atomic E-state index is -1.07. The molecule has 1 aromatic carbocycles. The van der Waals surface area contributed by atoms with Crippen LogP contribution in [0.1, 0.15) is 76.9 Å². The lowest BCUT2D eigenvalue weighted by Crippen LogP contribution is -2.44. The molecule has 0 atom stereocenters. The predicted octanol–water partition coefficient (Wildman–Crippen LogP) is 5.10. The fraction of sp³-hybridized carbons (Fsp3) is 0.440. The molecule has 2 N–H and O–H groups in total. The van der Waals surface area contributed by atoms with Crippen LogP contribution in [0.2, 0.25) is 0 Å². The first kappa shape index (κ1) is 23.1. The molecule has 1 fully saturated rings. The number of carboxylic acid groups (broad SMARTS) is 1. The largest absolute Gasteiger partial charge is 0.477 e. The van der Waals surface area contributed by atoms with Crippen LogP contribution in [0.4, 0.5) is 5.69 Å². The van der Waals surface area contributed by atoms with E-state index in [1.807, 2.05) is 45.9 Å². The number of rotatable bonds is 4. The minimum absolute atomic E-state index is 0.117. The molecule has 0 saturated heterocycles. The number of aromatic carboxylic acids is 1. The first-order valence-electron chi connectivity index (χ1n) is 10.5. The summed E-state index contributed by atoms with van der Waals surface area (Å²) < 4.78 is 0. The number of aliphatic hydroxyl groups excluding tert-OH is 1. The van der Waals surface area contributed by atoms with Crippen molar-refractivity contribution in [3.63, 3.8) is 0 Å². The molecule has 1 saturated carbocycles. The lowest BCUT2D eigenvalue weighted by atomic mass is 9.91. The van der Waals surface area contributed by atoms with Crippen LogP contribution in [0, 0.1) is 24.2 Å². The maximum atomic E-state index is 13.7. The highest BCUT2D eigenvalue weighted by atomic mass is 32.1. The van der Waals surface area contributed by atoms with Gasteiger partial charge in [-0.05, 0) is 71.1 Å². The maximum Gasteiger partial charge on any atom is 0.348 e. The van der Waals surface area contributed by atoms with E-state index in [1.54, 1.807) is 17.0 Å². The number of carbonyl (C=O) groups is 2. The number of benzene rings is 1. The molecular weight excluding hydrogens is 410 g/mol. The van der Waals surface area contributed by atoms with Crippen LogP contribution in [0.25, 0.3) is 0 Å². The van der Waals surface area contributed by atoms with E-state index in [0.717, 1.165) is 16.9 Å². The molecule has 1 heterocycles. The van der Waals surface area contributed by atoms with E-state index in [9.17, 15) is 19.8 Å². The smallest absolute Gasteiger partial charge is 0.348 e. The lowest BCUT2D eigenvalue weighted by Gasteiger charge is -2.36.